The summed E-state index contributed by atoms with van der Waals surface area (Å²) in [7, 11) is 3.59. The normalized spacial score (nSPS) is 13.9. The van der Waals surface area contributed by atoms with Crippen molar-refractivity contribution in [1.29, 1.82) is 0 Å². The molecule has 0 fully saturated rings. The highest BCUT2D eigenvalue weighted by molar-refractivity contribution is 6.48. The number of aliphatic hydroxyl groups is 2. The molecule has 7 heteroatoms. The minimum absolute atomic E-state index is 0.604. The van der Waals surface area contributed by atoms with Gasteiger partial charge in [-0.15, -0.1) is 0 Å². The van der Waals surface area contributed by atoms with E-state index in [0.717, 1.165) is 17.5 Å². The third-order valence-corrected chi connectivity index (χ3v) is 10.7. The Balaban J connectivity index is 2.00. The lowest BCUT2D eigenvalue weighted by molar-refractivity contribution is -0.0893. The fourth-order valence-corrected chi connectivity index (χ4v) is 5.85. The van der Waals surface area contributed by atoms with Crippen LogP contribution in [0, 0.1) is 5.92 Å². The highest BCUT2D eigenvalue weighted by atomic mass is 16.5. The van der Waals surface area contributed by atoms with Gasteiger partial charge in [-0.3, -0.25) is 0 Å². The van der Waals surface area contributed by atoms with Crippen LogP contribution in [0.5, 0.6) is 0 Å². The van der Waals surface area contributed by atoms with Crippen LogP contribution < -0.4 is 10.9 Å². The summed E-state index contributed by atoms with van der Waals surface area (Å²) in [5.74, 6) is 0.604. The SMILES string of the molecule is CCCCCCCCC(CCCCCC)Cn1c2cc([B]OC(C)(C)C(C)(C)O)ccc2c2ccc([B]OC(C)(C)C(C)(C)O)cc21. The predicted octanol–water partition coefficient (Wildman–Crippen LogP) is 8.75. The Kier molecular flexibility index (Phi) is 14.5. The molecule has 2 N–H and O–H groups in total. The van der Waals surface area contributed by atoms with E-state index in [2.05, 4.69) is 54.8 Å². The molecule has 1 heterocycles. The van der Waals surface area contributed by atoms with Crippen molar-refractivity contribution in [3.05, 3.63) is 36.4 Å². The number of fused-ring (bicyclic) bond motifs is 3. The summed E-state index contributed by atoms with van der Waals surface area (Å²) in [6.07, 6.45) is 15.6. The van der Waals surface area contributed by atoms with Crippen molar-refractivity contribution >= 4 is 47.7 Å². The van der Waals surface area contributed by atoms with E-state index < -0.39 is 22.4 Å². The van der Waals surface area contributed by atoms with Crippen molar-refractivity contribution < 1.29 is 19.5 Å². The minimum atomic E-state index is -0.987. The number of unbranched alkanes of at least 4 members (excludes halogenated alkanes) is 8. The van der Waals surface area contributed by atoms with E-state index >= 15 is 0 Å². The highest BCUT2D eigenvalue weighted by Crippen LogP contribution is 2.32. The Bertz CT molecular complexity index is 1300. The van der Waals surface area contributed by atoms with Crippen molar-refractivity contribution in [3.63, 3.8) is 0 Å². The average molecular weight is 646 g/mol. The summed E-state index contributed by atoms with van der Waals surface area (Å²) < 4.78 is 14.9. The van der Waals surface area contributed by atoms with Gasteiger partial charge in [0, 0.05) is 28.4 Å². The van der Waals surface area contributed by atoms with Crippen molar-refractivity contribution in [1.82, 2.24) is 4.57 Å². The van der Waals surface area contributed by atoms with Crippen LogP contribution in [0.15, 0.2) is 36.4 Å². The first-order valence-electron chi connectivity index (χ1n) is 18.5. The number of hydrogen-bond acceptors (Lipinski definition) is 4. The third kappa shape index (κ3) is 11.1. The van der Waals surface area contributed by atoms with E-state index in [9.17, 15) is 10.2 Å². The van der Waals surface area contributed by atoms with Gasteiger partial charge in [0.05, 0.1) is 22.4 Å². The first-order valence-corrected chi connectivity index (χ1v) is 18.5. The summed E-state index contributed by atoms with van der Waals surface area (Å²) in [6, 6.07) is 13.1. The Labute approximate surface area is 288 Å². The molecule has 0 saturated carbocycles. The summed E-state index contributed by atoms with van der Waals surface area (Å²) in [5, 5.41) is 23.8. The Hall–Kier alpha value is -1.79. The van der Waals surface area contributed by atoms with E-state index in [4.69, 9.17) is 9.31 Å². The van der Waals surface area contributed by atoms with Gasteiger partial charge in [0.1, 0.15) is 0 Å². The van der Waals surface area contributed by atoms with Crippen molar-refractivity contribution in [2.45, 2.75) is 175 Å². The van der Waals surface area contributed by atoms with E-state index in [-0.39, 0.29) is 0 Å². The zero-order valence-electron chi connectivity index (χ0n) is 31.5. The number of rotatable bonds is 22. The second kappa shape index (κ2) is 17.2. The van der Waals surface area contributed by atoms with E-state index in [1.165, 1.54) is 98.9 Å². The molecule has 2 radical (unpaired) electrons. The lowest BCUT2D eigenvalue weighted by Gasteiger charge is -2.37. The lowest BCUT2D eigenvalue weighted by Crippen LogP contribution is -2.49. The number of hydrogen-bond donors (Lipinski definition) is 2. The molecule has 5 nitrogen and oxygen atoms in total. The van der Waals surface area contributed by atoms with Crippen LogP contribution in [-0.4, -0.2) is 52.1 Å². The molecule has 0 saturated heterocycles. The first kappa shape index (κ1) is 39.6. The second-order valence-electron chi connectivity index (χ2n) is 16.0. The molecule has 47 heavy (non-hydrogen) atoms. The average Bonchev–Trinajstić information content (AvgIpc) is 3.29. The Morgan fingerprint density at radius 3 is 1.38 bits per heavy atom. The quantitative estimate of drug-likeness (QED) is 0.0848. The number of benzene rings is 2. The van der Waals surface area contributed by atoms with E-state index in [1.807, 2.05) is 27.7 Å². The van der Waals surface area contributed by atoms with Gasteiger partial charge in [-0.1, -0.05) is 113 Å². The van der Waals surface area contributed by atoms with Gasteiger partial charge in [-0.05, 0) is 86.3 Å². The topological polar surface area (TPSA) is 63.9 Å². The van der Waals surface area contributed by atoms with Crippen molar-refractivity contribution in [2.75, 3.05) is 0 Å². The molecule has 0 spiro atoms. The summed E-state index contributed by atoms with van der Waals surface area (Å²) in [5.41, 5.74) is 0.920. The minimum Gasteiger partial charge on any atom is -0.427 e. The summed E-state index contributed by atoms with van der Waals surface area (Å²) in [4.78, 5) is 0. The summed E-state index contributed by atoms with van der Waals surface area (Å²) in [6.45, 7) is 20.4. The van der Waals surface area contributed by atoms with Gasteiger partial charge in [-0.2, -0.15) is 0 Å². The number of nitrogens with zero attached hydrogens (tertiary/aromatic N) is 1. The van der Waals surface area contributed by atoms with Crippen LogP contribution in [0.25, 0.3) is 21.8 Å². The maximum atomic E-state index is 10.7. The molecule has 3 aromatic rings. The molecule has 1 atom stereocenters. The largest absolute Gasteiger partial charge is 0.427 e. The number of aromatic nitrogens is 1. The molecular weight excluding hydrogens is 580 g/mol. The molecule has 0 aliphatic heterocycles. The zero-order valence-corrected chi connectivity index (χ0v) is 31.5. The molecule has 0 amide bonds. The highest BCUT2D eigenvalue weighted by Gasteiger charge is 2.36. The standard InChI is InChI=1S/C40H65B2NO4/c1-11-13-15-17-18-20-22-30(21-19-16-14-12-2)29-43-35-27-31(41-46-39(7,8)37(3,4)44)23-25-33(35)34-26-24-32(28-36(34)43)42-47-40(9,10)38(5,6)45/h23-28,30,44-45H,11-22,29H2,1-10H3. The molecule has 2 aromatic carbocycles. The molecule has 1 aromatic heterocycles. The molecular formula is C40H65B2NO4. The van der Waals surface area contributed by atoms with Gasteiger partial charge in [0.25, 0.3) is 0 Å². The van der Waals surface area contributed by atoms with E-state index in [1.54, 1.807) is 42.7 Å². The first-order chi connectivity index (χ1) is 22.0. The fourth-order valence-electron chi connectivity index (χ4n) is 5.85. The van der Waals surface area contributed by atoms with Gasteiger partial charge < -0.3 is 24.1 Å². The van der Waals surface area contributed by atoms with Gasteiger partial charge in [-0.25, -0.2) is 0 Å². The molecule has 0 bridgehead atoms. The molecule has 3 rings (SSSR count). The lowest BCUT2D eigenvalue weighted by atomic mass is 9.82. The van der Waals surface area contributed by atoms with Crippen LogP contribution in [0.2, 0.25) is 0 Å². The van der Waals surface area contributed by atoms with Gasteiger partial charge in [0.15, 0.2) is 0 Å². The van der Waals surface area contributed by atoms with Crippen LogP contribution in [-0.2, 0) is 15.9 Å². The molecule has 0 aliphatic carbocycles. The fraction of sp³-hybridized carbons (Fsp3) is 0.700. The van der Waals surface area contributed by atoms with Crippen LogP contribution in [0.4, 0.5) is 0 Å². The third-order valence-electron chi connectivity index (χ3n) is 10.7. The van der Waals surface area contributed by atoms with Crippen LogP contribution >= 0.6 is 0 Å². The van der Waals surface area contributed by atoms with Crippen LogP contribution in [0.1, 0.15) is 146 Å². The zero-order chi connectivity index (χ0) is 34.9. The monoisotopic (exact) mass is 646 g/mol. The van der Waals surface area contributed by atoms with E-state index in [0.29, 0.717) is 5.92 Å². The second-order valence-corrected chi connectivity index (χ2v) is 16.0. The molecule has 0 aliphatic rings. The van der Waals surface area contributed by atoms with Gasteiger partial charge in [0.2, 0.25) is 0 Å². The maximum absolute atomic E-state index is 10.7. The Morgan fingerprint density at radius 2 is 0.979 bits per heavy atom. The molecule has 260 valence electrons. The van der Waals surface area contributed by atoms with Gasteiger partial charge >= 0.3 is 15.0 Å². The molecule has 1 unspecified atom stereocenters. The maximum Gasteiger partial charge on any atom is 0.330 e. The summed E-state index contributed by atoms with van der Waals surface area (Å²) >= 11 is 0. The van der Waals surface area contributed by atoms with Crippen LogP contribution in [0.3, 0.4) is 0 Å². The van der Waals surface area contributed by atoms with Crippen molar-refractivity contribution in [2.24, 2.45) is 5.92 Å². The smallest absolute Gasteiger partial charge is 0.330 e. The van der Waals surface area contributed by atoms with Crippen molar-refractivity contribution in [3.8, 4) is 0 Å². The Morgan fingerprint density at radius 1 is 0.596 bits per heavy atom. The predicted molar refractivity (Wildman–Crippen MR) is 203 cm³/mol.